The Morgan fingerprint density at radius 3 is 2.32 bits per heavy atom. The maximum absolute atomic E-state index is 12.9. The van der Waals surface area contributed by atoms with Crippen LogP contribution in [0, 0.1) is 5.92 Å². The number of imidazole rings is 1. The molecule has 0 aliphatic carbocycles. The fraction of sp³-hybridized carbons (Fsp3) is 0.650. The van der Waals surface area contributed by atoms with Crippen molar-refractivity contribution in [3.8, 4) is 0 Å². The molecule has 0 aliphatic rings. The van der Waals surface area contributed by atoms with Crippen molar-refractivity contribution < 1.29 is 19.2 Å². The summed E-state index contributed by atoms with van der Waals surface area (Å²) in [6, 6.07) is -1.75. The third-order valence-electron chi connectivity index (χ3n) is 4.71. The maximum Gasteiger partial charge on any atom is 0.217 e. The second kappa shape index (κ2) is 14.4. The van der Waals surface area contributed by atoms with Crippen LogP contribution in [0.5, 0.6) is 0 Å². The smallest absolute Gasteiger partial charge is 0.217 e. The van der Waals surface area contributed by atoms with Gasteiger partial charge in [0.15, 0.2) is 5.78 Å². The zero-order valence-corrected chi connectivity index (χ0v) is 20.4. The van der Waals surface area contributed by atoms with Crippen molar-refractivity contribution in [1.82, 2.24) is 26.1 Å². The van der Waals surface area contributed by atoms with Gasteiger partial charge in [0.25, 0.3) is 0 Å². The van der Waals surface area contributed by atoms with Gasteiger partial charge in [0.2, 0.25) is 9.70 Å². The van der Waals surface area contributed by atoms with Gasteiger partial charge in [-0.25, -0.2) is 15.8 Å². The Labute approximate surface area is 196 Å². The first kappa shape index (κ1) is 27.3. The van der Waals surface area contributed by atoms with Crippen molar-refractivity contribution in [3.05, 3.63) is 18.2 Å². The van der Waals surface area contributed by atoms with E-state index < -0.39 is 18.0 Å². The predicted molar refractivity (Wildman–Crippen MR) is 125 cm³/mol. The van der Waals surface area contributed by atoms with Gasteiger partial charge in [0, 0.05) is 48.1 Å². The molecule has 1 heterocycles. The Morgan fingerprint density at radius 2 is 1.81 bits per heavy atom. The van der Waals surface area contributed by atoms with Gasteiger partial charge < -0.3 is 16.0 Å². The van der Waals surface area contributed by atoms with Crippen molar-refractivity contribution in [2.24, 2.45) is 11.7 Å². The van der Waals surface area contributed by atoms with E-state index in [9.17, 15) is 19.2 Å². The highest BCUT2D eigenvalue weighted by atomic mass is 127. The lowest BCUT2D eigenvalue weighted by atomic mass is 9.98. The lowest BCUT2D eigenvalue weighted by molar-refractivity contribution is -0.123. The number of hydrogen-bond donors (Lipinski definition) is 5. The molecule has 1 amide bonds. The van der Waals surface area contributed by atoms with Gasteiger partial charge in [-0.1, -0.05) is 20.8 Å². The number of nitrogens with zero attached hydrogens (tertiary/aromatic N) is 1. The number of nitrogens with two attached hydrogens (primary N) is 1. The van der Waals surface area contributed by atoms with Crippen molar-refractivity contribution in [2.45, 2.75) is 71.0 Å². The molecule has 1 aromatic heterocycles. The topological polar surface area (TPSA) is 159 Å². The molecule has 0 saturated heterocycles. The molecule has 3 atom stereocenters. The minimum atomic E-state index is -0.695. The number of nitrogens with one attached hydrogen (secondary N) is 4. The zero-order valence-electron chi connectivity index (χ0n) is 18.2. The van der Waals surface area contributed by atoms with Crippen molar-refractivity contribution in [1.29, 1.82) is 0 Å². The van der Waals surface area contributed by atoms with Crippen LogP contribution in [-0.4, -0.2) is 55.9 Å². The molecule has 1 aromatic rings. The number of aromatic amines is 1. The molecule has 1 rings (SSSR count). The molecule has 0 radical (unpaired) electrons. The van der Waals surface area contributed by atoms with E-state index in [-0.39, 0.29) is 47.2 Å². The zero-order chi connectivity index (χ0) is 23.4. The number of hydrazine groups is 1. The average molecular weight is 548 g/mol. The Bertz CT molecular complexity index is 725. The van der Waals surface area contributed by atoms with Gasteiger partial charge in [-0.3, -0.25) is 19.2 Å². The number of carbonyl (C=O) groups excluding carboxylic acids is 4. The molecular weight excluding hydrogens is 515 g/mol. The Hall–Kier alpha value is -1.70. The fourth-order valence-corrected chi connectivity index (χ4v) is 3.45. The first-order valence-corrected chi connectivity index (χ1v) is 11.5. The summed E-state index contributed by atoms with van der Waals surface area (Å²) in [4.78, 5) is 55.1. The largest absolute Gasteiger partial charge is 0.370 e. The number of hydrogen-bond acceptors (Lipinski definition) is 8. The number of H-pyrrole nitrogens is 1. The monoisotopic (exact) mass is 548 g/mol. The van der Waals surface area contributed by atoms with Gasteiger partial charge in [0.1, 0.15) is 5.78 Å². The number of halogens is 1. The van der Waals surface area contributed by atoms with Crippen LogP contribution in [0.3, 0.4) is 0 Å². The highest BCUT2D eigenvalue weighted by Crippen LogP contribution is 2.08. The van der Waals surface area contributed by atoms with Gasteiger partial charge in [-0.2, -0.15) is 0 Å². The first-order valence-electron chi connectivity index (χ1n) is 10.4. The van der Waals surface area contributed by atoms with Crippen molar-refractivity contribution in [3.63, 3.8) is 0 Å². The second-order valence-electron chi connectivity index (χ2n) is 7.82. The number of ketones is 2. The van der Waals surface area contributed by atoms with Crippen LogP contribution >= 0.6 is 22.6 Å². The van der Waals surface area contributed by atoms with E-state index in [1.807, 2.05) is 13.8 Å². The predicted octanol–water partition coefficient (Wildman–Crippen LogP) is 0.563. The molecule has 0 aromatic carbocycles. The van der Waals surface area contributed by atoms with Gasteiger partial charge in [0.05, 0.1) is 36.7 Å². The average Bonchev–Trinajstić information content (AvgIpc) is 3.21. The number of aromatic nitrogens is 2. The van der Waals surface area contributed by atoms with E-state index in [0.717, 1.165) is 0 Å². The van der Waals surface area contributed by atoms with E-state index in [2.05, 4.69) is 26.1 Å². The molecule has 0 bridgehead atoms. The summed E-state index contributed by atoms with van der Waals surface area (Å²) in [5, 5.41) is 3.09. The van der Waals surface area contributed by atoms with Crippen molar-refractivity contribution in [2.75, 3.05) is 6.54 Å². The molecule has 0 aliphatic heterocycles. The van der Waals surface area contributed by atoms with Gasteiger partial charge in [-0.15, -0.1) is 0 Å². The summed E-state index contributed by atoms with van der Waals surface area (Å²) in [6.07, 6.45) is 4.79. The standard InChI is InChI=1S/C20H33IN6O4/c1-4-17(28)15(7-12(2)3)24-10-18(29)16(8-13-9-23-11-25-13)27-26-14(20(21)31)5-6-19(22)30/h9,11-12,14-16,24,26-27H,4-8,10H2,1-3H3,(H2,22,30)(H,23,25)/t14-,15-,16-/m0/s1. The van der Waals surface area contributed by atoms with Crippen LogP contribution in [0.15, 0.2) is 12.5 Å². The van der Waals surface area contributed by atoms with E-state index in [0.29, 0.717) is 24.5 Å². The lowest BCUT2D eigenvalue weighted by Crippen LogP contribution is -2.55. The Kier molecular flexibility index (Phi) is 12.7. The normalized spacial score (nSPS) is 14.2. The second-order valence-corrected chi connectivity index (χ2v) is 8.88. The Balaban J connectivity index is 2.81. The van der Waals surface area contributed by atoms with Gasteiger partial charge >= 0.3 is 0 Å². The summed E-state index contributed by atoms with van der Waals surface area (Å²) < 4.78 is -0.207. The van der Waals surface area contributed by atoms with E-state index >= 15 is 0 Å². The highest BCUT2D eigenvalue weighted by Gasteiger charge is 2.25. The maximum atomic E-state index is 12.9. The molecule has 0 saturated carbocycles. The number of amides is 1. The molecule has 6 N–H and O–H groups in total. The summed E-state index contributed by atoms with van der Waals surface area (Å²) in [5.74, 6) is -0.306. The molecule has 0 unspecified atom stereocenters. The number of Topliss-reactive ketones (excluding diaryl/α,β-unsaturated/α-hetero) is 2. The SMILES string of the molecule is CCC(=O)[C@H](CC(C)C)NCC(=O)[C@H](Cc1c[nH]cn1)NN[C@@H](CCC(N)=O)C(=O)I. The molecule has 31 heavy (non-hydrogen) atoms. The third-order valence-corrected chi connectivity index (χ3v) is 5.46. The summed E-state index contributed by atoms with van der Waals surface area (Å²) >= 11 is 1.64. The lowest BCUT2D eigenvalue weighted by Gasteiger charge is -2.23. The van der Waals surface area contributed by atoms with Crippen LogP contribution in [0.2, 0.25) is 0 Å². The van der Waals surface area contributed by atoms with Crippen LogP contribution in [0.1, 0.15) is 52.1 Å². The number of carbonyl (C=O) groups is 4. The molecule has 174 valence electrons. The van der Waals surface area contributed by atoms with Crippen LogP contribution in [0.25, 0.3) is 0 Å². The summed E-state index contributed by atoms with van der Waals surface area (Å²) in [5.41, 5.74) is 11.6. The third kappa shape index (κ3) is 10.9. The minimum absolute atomic E-state index is 0.00295. The number of primary amides is 1. The Morgan fingerprint density at radius 1 is 1.13 bits per heavy atom. The van der Waals surface area contributed by atoms with Gasteiger partial charge in [-0.05, 0) is 18.8 Å². The minimum Gasteiger partial charge on any atom is -0.370 e. The molecule has 10 nitrogen and oxygen atoms in total. The number of rotatable bonds is 17. The van der Waals surface area contributed by atoms with Crippen LogP contribution in [0.4, 0.5) is 0 Å². The first-order chi connectivity index (χ1) is 14.6. The molecular formula is C20H33IN6O4. The van der Waals surface area contributed by atoms with Crippen LogP contribution < -0.4 is 21.9 Å². The van der Waals surface area contributed by atoms with Crippen molar-refractivity contribution >= 4 is 43.9 Å². The summed E-state index contributed by atoms with van der Waals surface area (Å²) in [7, 11) is 0. The highest BCUT2D eigenvalue weighted by molar-refractivity contribution is 14.1. The van der Waals surface area contributed by atoms with E-state index in [1.54, 1.807) is 35.7 Å². The van der Waals surface area contributed by atoms with Crippen LogP contribution in [-0.2, 0) is 25.6 Å². The molecule has 11 heteroatoms. The van der Waals surface area contributed by atoms with E-state index in [1.165, 1.54) is 6.33 Å². The fourth-order valence-electron chi connectivity index (χ4n) is 2.98. The molecule has 0 spiro atoms. The quantitative estimate of drug-likeness (QED) is 0.107. The van der Waals surface area contributed by atoms with E-state index in [4.69, 9.17) is 5.73 Å². The molecule has 0 fully saturated rings. The summed E-state index contributed by atoms with van der Waals surface area (Å²) in [6.45, 7) is 5.85.